The van der Waals surface area contributed by atoms with Gasteiger partial charge in [0.1, 0.15) is 5.75 Å². The number of nitrogens with two attached hydrogens (primary N) is 1. The molecule has 0 saturated heterocycles. The molecule has 1 aromatic carbocycles. The molecule has 3 rings (SSSR count). The number of benzene rings is 1. The number of nitrogens with one attached hydrogen (secondary N) is 2. The zero-order valence-corrected chi connectivity index (χ0v) is 16.9. The Morgan fingerprint density at radius 3 is 2.70 bits per heavy atom. The standard InChI is InChI=1S/C19H23F3N4O3S/c20-19(21,22)29-12-6-7-14-15(9-12)30-18(25-14)26-16(27)10-24-17(28)13(23)8-11-4-2-1-3-5-11/h6-7,9,11,13H,1-5,8,10,23H2,(H,24,28)(H,25,26,27)/t13-/m1/s1. The molecule has 2 aromatic rings. The van der Waals surface area contributed by atoms with Gasteiger partial charge < -0.3 is 21.1 Å². The van der Waals surface area contributed by atoms with E-state index in [0.717, 1.165) is 43.1 Å². The number of amides is 2. The number of aromatic nitrogens is 1. The third-order valence-corrected chi connectivity index (χ3v) is 5.85. The van der Waals surface area contributed by atoms with Gasteiger partial charge >= 0.3 is 6.36 Å². The number of thiazole rings is 1. The lowest BCUT2D eigenvalue weighted by Crippen LogP contribution is -2.44. The number of carbonyl (C=O) groups is 2. The normalized spacial score (nSPS) is 16.3. The van der Waals surface area contributed by atoms with Gasteiger partial charge in [-0.3, -0.25) is 9.59 Å². The van der Waals surface area contributed by atoms with Crippen LogP contribution < -0.4 is 21.1 Å². The van der Waals surface area contributed by atoms with E-state index in [1.54, 1.807) is 0 Å². The Kier molecular flexibility index (Phi) is 7.14. The largest absolute Gasteiger partial charge is 0.573 e. The van der Waals surface area contributed by atoms with Gasteiger partial charge in [-0.2, -0.15) is 0 Å². The van der Waals surface area contributed by atoms with E-state index in [1.807, 2.05) is 0 Å². The maximum absolute atomic E-state index is 12.3. The van der Waals surface area contributed by atoms with Crippen LogP contribution in [0.4, 0.5) is 18.3 Å². The summed E-state index contributed by atoms with van der Waals surface area (Å²) in [4.78, 5) is 28.4. The number of rotatable bonds is 7. The van der Waals surface area contributed by atoms with Crippen LogP contribution in [0.3, 0.4) is 0 Å². The molecule has 2 amide bonds. The molecule has 0 spiro atoms. The van der Waals surface area contributed by atoms with E-state index in [9.17, 15) is 22.8 Å². The molecule has 1 aliphatic rings. The number of anilines is 1. The summed E-state index contributed by atoms with van der Waals surface area (Å²) in [6, 6.07) is 3.06. The minimum Gasteiger partial charge on any atom is -0.406 e. The third kappa shape index (κ3) is 6.56. The van der Waals surface area contributed by atoms with Crippen molar-refractivity contribution in [3.05, 3.63) is 18.2 Å². The summed E-state index contributed by atoms with van der Waals surface area (Å²) in [6.07, 6.45) is 1.52. The van der Waals surface area contributed by atoms with E-state index in [0.29, 0.717) is 22.6 Å². The highest BCUT2D eigenvalue weighted by Gasteiger charge is 2.31. The summed E-state index contributed by atoms with van der Waals surface area (Å²) in [5.41, 5.74) is 6.37. The highest BCUT2D eigenvalue weighted by molar-refractivity contribution is 7.22. The predicted octanol–water partition coefficient (Wildman–Crippen LogP) is 3.55. The molecule has 1 heterocycles. The van der Waals surface area contributed by atoms with Gasteiger partial charge in [0.2, 0.25) is 11.8 Å². The molecular weight excluding hydrogens is 421 g/mol. The van der Waals surface area contributed by atoms with Crippen LogP contribution >= 0.6 is 11.3 Å². The molecule has 1 saturated carbocycles. The van der Waals surface area contributed by atoms with Crippen molar-refractivity contribution < 1.29 is 27.5 Å². The van der Waals surface area contributed by atoms with Crippen LogP contribution in [0, 0.1) is 5.92 Å². The predicted molar refractivity (Wildman–Crippen MR) is 107 cm³/mol. The van der Waals surface area contributed by atoms with Crippen LogP contribution in [-0.2, 0) is 9.59 Å². The van der Waals surface area contributed by atoms with Gasteiger partial charge in [-0.05, 0) is 24.5 Å². The quantitative estimate of drug-likeness (QED) is 0.606. The molecule has 1 atom stereocenters. The number of fused-ring (bicyclic) bond motifs is 1. The van der Waals surface area contributed by atoms with Crippen molar-refractivity contribution in [2.45, 2.75) is 50.9 Å². The number of ether oxygens (including phenoxy) is 1. The molecule has 0 bridgehead atoms. The number of hydrogen-bond acceptors (Lipinski definition) is 6. The van der Waals surface area contributed by atoms with Gasteiger partial charge in [0, 0.05) is 6.07 Å². The second-order valence-corrected chi connectivity index (χ2v) is 8.34. The molecule has 0 unspecified atom stereocenters. The Morgan fingerprint density at radius 1 is 1.27 bits per heavy atom. The van der Waals surface area contributed by atoms with Crippen LogP contribution in [0.15, 0.2) is 18.2 Å². The highest BCUT2D eigenvalue weighted by atomic mass is 32.1. The van der Waals surface area contributed by atoms with Crippen LogP contribution in [0.1, 0.15) is 38.5 Å². The lowest BCUT2D eigenvalue weighted by Gasteiger charge is -2.24. The fraction of sp³-hybridized carbons (Fsp3) is 0.526. The Balaban J connectivity index is 1.49. The minimum absolute atomic E-state index is 0.208. The van der Waals surface area contributed by atoms with Crippen molar-refractivity contribution in [2.75, 3.05) is 11.9 Å². The number of carbonyl (C=O) groups excluding carboxylic acids is 2. The molecule has 0 radical (unpaired) electrons. The first-order chi connectivity index (χ1) is 14.2. The first-order valence-corrected chi connectivity index (χ1v) is 10.5. The number of alkyl halides is 3. The van der Waals surface area contributed by atoms with Crippen LogP contribution in [0.25, 0.3) is 10.2 Å². The summed E-state index contributed by atoms with van der Waals surface area (Å²) in [6.45, 7) is -0.268. The van der Waals surface area contributed by atoms with Crippen molar-refractivity contribution >= 4 is 38.5 Å². The highest BCUT2D eigenvalue weighted by Crippen LogP contribution is 2.31. The first kappa shape index (κ1) is 22.3. The van der Waals surface area contributed by atoms with Gasteiger partial charge in [0.25, 0.3) is 0 Å². The summed E-state index contributed by atoms with van der Waals surface area (Å²) >= 11 is 1.00. The first-order valence-electron chi connectivity index (χ1n) is 9.69. The SMILES string of the molecule is N[C@H](CC1CCCCC1)C(=O)NCC(=O)Nc1nc2ccc(OC(F)(F)F)cc2s1. The van der Waals surface area contributed by atoms with Gasteiger partial charge in [-0.15, -0.1) is 13.2 Å². The average molecular weight is 444 g/mol. The molecule has 1 aliphatic carbocycles. The van der Waals surface area contributed by atoms with Crippen molar-refractivity contribution in [1.29, 1.82) is 0 Å². The summed E-state index contributed by atoms with van der Waals surface area (Å²) in [5.74, 6) is -0.800. The maximum atomic E-state index is 12.3. The molecule has 30 heavy (non-hydrogen) atoms. The average Bonchev–Trinajstić information content (AvgIpc) is 3.07. The molecule has 7 nitrogen and oxygen atoms in total. The van der Waals surface area contributed by atoms with E-state index < -0.39 is 18.3 Å². The van der Waals surface area contributed by atoms with Crippen molar-refractivity contribution in [3.63, 3.8) is 0 Å². The van der Waals surface area contributed by atoms with Crippen molar-refractivity contribution in [1.82, 2.24) is 10.3 Å². The summed E-state index contributed by atoms with van der Waals surface area (Å²) in [5, 5.41) is 5.25. The summed E-state index contributed by atoms with van der Waals surface area (Å²) < 4.78 is 41.3. The van der Waals surface area contributed by atoms with E-state index in [4.69, 9.17) is 5.73 Å². The topological polar surface area (TPSA) is 106 Å². The fourth-order valence-electron chi connectivity index (χ4n) is 3.51. The Bertz CT molecular complexity index is 897. The van der Waals surface area contributed by atoms with Crippen molar-refractivity contribution in [3.8, 4) is 5.75 Å². The van der Waals surface area contributed by atoms with Gasteiger partial charge in [-0.1, -0.05) is 43.4 Å². The van der Waals surface area contributed by atoms with E-state index in [2.05, 4.69) is 20.4 Å². The van der Waals surface area contributed by atoms with Crippen LogP contribution in [-0.4, -0.2) is 35.7 Å². The number of nitrogens with zero attached hydrogens (tertiary/aromatic N) is 1. The molecule has 1 aromatic heterocycles. The minimum atomic E-state index is -4.79. The second kappa shape index (κ2) is 9.61. The molecule has 0 aliphatic heterocycles. The lowest BCUT2D eigenvalue weighted by atomic mass is 9.85. The zero-order chi connectivity index (χ0) is 21.7. The van der Waals surface area contributed by atoms with E-state index in [1.165, 1.54) is 18.6 Å². The fourth-order valence-corrected chi connectivity index (χ4v) is 4.42. The van der Waals surface area contributed by atoms with Gasteiger partial charge in [0.15, 0.2) is 5.13 Å². The van der Waals surface area contributed by atoms with Gasteiger partial charge in [-0.25, -0.2) is 4.98 Å². The van der Waals surface area contributed by atoms with Crippen molar-refractivity contribution in [2.24, 2.45) is 11.7 Å². The molecule has 1 fully saturated rings. The molecule has 11 heteroatoms. The maximum Gasteiger partial charge on any atom is 0.573 e. The number of halogens is 3. The Hall–Kier alpha value is -2.40. The Labute approximate surface area is 175 Å². The monoisotopic (exact) mass is 444 g/mol. The smallest absolute Gasteiger partial charge is 0.406 e. The Morgan fingerprint density at radius 2 is 2.00 bits per heavy atom. The van der Waals surface area contributed by atoms with Gasteiger partial charge in [0.05, 0.1) is 22.8 Å². The zero-order valence-electron chi connectivity index (χ0n) is 16.1. The van der Waals surface area contributed by atoms with E-state index in [-0.39, 0.29) is 23.3 Å². The molecular formula is C19H23F3N4O3S. The number of hydrogen-bond donors (Lipinski definition) is 3. The molecule has 164 valence electrons. The van der Waals surface area contributed by atoms with Crippen LogP contribution in [0.5, 0.6) is 5.75 Å². The second-order valence-electron chi connectivity index (χ2n) is 7.31. The lowest BCUT2D eigenvalue weighted by molar-refractivity contribution is -0.274. The summed E-state index contributed by atoms with van der Waals surface area (Å²) in [7, 11) is 0. The van der Waals surface area contributed by atoms with Crippen LogP contribution in [0.2, 0.25) is 0 Å². The third-order valence-electron chi connectivity index (χ3n) is 4.91. The van der Waals surface area contributed by atoms with E-state index >= 15 is 0 Å². The molecule has 4 N–H and O–H groups in total.